The molecule has 0 spiro atoms. The SMILES string of the molecule is COc1ccc(/C=C2\SC(=Nc3ccccc3)NC2=O)cc1F. The van der Waals surface area contributed by atoms with Crippen LogP contribution in [0.3, 0.4) is 0 Å². The molecular formula is C17H13FN2O2S. The molecule has 116 valence electrons. The van der Waals surface area contributed by atoms with Crippen molar-refractivity contribution in [2.24, 2.45) is 4.99 Å². The van der Waals surface area contributed by atoms with Gasteiger partial charge in [-0.2, -0.15) is 0 Å². The van der Waals surface area contributed by atoms with Crippen molar-refractivity contribution in [2.45, 2.75) is 0 Å². The molecule has 1 N–H and O–H groups in total. The van der Waals surface area contributed by atoms with E-state index in [2.05, 4.69) is 10.3 Å². The Labute approximate surface area is 137 Å². The molecule has 0 atom stereocenters. The van der Waals surface area contributed by atoms with Gasteiger partial charge in [0.25, 0.3) is 5.91 Å². The van der Waals surface area contributed by atoms with Crippen molar-refractivity contribution in [1.29, 1.82) is 0 Å². The highest BCUT2D eigenvalue weighted by Gasteiger charge is 2.23. The topological polar surface area (TPSA) is 50.7 Å². The Morgan fingerprint density at radius 2 is 2.00 bits per heavy atom. The zero-order chi connectivity index (χ0) is 16.2. The van der Waals surface area contributed by atoms with Crippen molar-refractivity contribution >= 4 is 34.6 Å². The molecule has 0 unspecified atom stereocenters. The minimum Gasteiger partial charge on any atom is -0.494 e. The van der Waals surface area contributed by atoms with Crippen molar-refractivity contribution in [1.82, 2.24) is 5.32 Å². The molecule has 1 aliphatic heterocycles. The normalized spacial score (nSPS) is 17.6. The molecule has 0 aliphatic carbocycles. The van der Waals surface area contributed by atoms with E-state index >= 15 is 0 Å². The number of rotatable bonds is 3. The zero-order valence-corrected chi connectivity index (χ0v) is 13.1. The van der Waals surface area contributed by atoms with Crippen molar-refractivity contribution < 1.29 is 13.9 Å². The molecule has 1 aliphatic rings. The fraction of sp³-hybridized carbons (Fsp3) is 0.0588. The largest absolute Gasteiger partial charge is 0.494 e. The molecule has 1 saturated heterocycles. The number of halogens is 1. The third-order valence-corrected chi connectivity index (χ3v) is 4.02. The maximum absolute atomic E-state index is 13.7. The van der Waals surface area contributed by atoms with Gasteiger partial charge < -0.3 is 10.1 Å². The molecule has 2 aromatic carbocycles. The summed E-state index contributed by atoms with van der Waals surface area (Å²) in [6, 6.07) is 13.9. The number of benzene rings is 2. The van der Waals surface area contributed by atoms with Crippen LogP contribution in [0.5, 0.6) is 5.75 Å². The van der Waals surface area contributed by atoms with E-state index in [9.17, 15) is 9.18 Å². The van der Waals surface area contributed by atoms with Gasteiger partial charge >= 0.3 is 0 Å². The number of aliphatic imine (C=N–C) groups is 1. The number of nitrogens with one attached hydrogen (secondary N) is 1. The van der Waals surface area contributed by atoms with Gasteiger partial charge in [-0.25, -0.2) is 9.38 Å². The lowest BCUT2D eigenvalue weighted by Crippen LogP contribution is -2.19. The first kappa shape index (κ1) is 15.3. The summed E-state index contributed by atoms with van der Waals surface area (Å²) in [5.74, 6) is -0.550. The Morgan fingerprint density at radius 3 is 2.70 bits per heavy atom. The van der Waals surface area contributed by atoms with Crippen LogP contribution in [0.25, 0.3) is 6.08 Å². The third kappa shape index (κ3) is 3.60. The highest BCUT2D eigenvalue weighted by Crippen LogP contribution is 2.28. The number of thioether (sulfide) groups is 1. The summed E-state index contributed by atoms with van der Waals surface area (Å²) in [4.78, 5) is 16.8. The fourth-order valence-corrected chi connectivity index (χ4v) is 2.87. The first-order chi connectivity index (χ1) is 11.2. The number of amidine groups is 1. The number of hydrogen-bond donors (Lipinski definition) is 1. The molecule has 23 heavy (non-hydrogen) atoms. The molecule has 0 radical (unpaired) electrons. The van der Waals surface area contributed by atoms with Gasteiger partial charge in [-0.15, -0.1) is 0 Å². The lowest BCUT2D eigenvalue weighted by molar-refractivity contribution is -0.115. The van der Waals surface area contributed by atoms with Crippen molar-refractivity contribution in [3.63, 3.8) is 0 Å². The van der Waals surface area contributed by atoms with Gasteiger partial charge in [0.15, 0.2) is 16.7 Å². The van der Waals surface area contributed by atoms with Crippen LogP contribution in [-0.2, 0) is 4.79 Å². The second kappa shape index (κ2) is 6.66. The Hall–Kier alpha value is -2.60. The van der Waals surface area contributed by atoms with E-state index < -0.39 is 5.82 Å². The number of amides is 1. The van der Waals surface area contributed by atoms with Crippen LogP contribution in [0.2, 0.25) is 0 Å². The summed E-state index contributed by atoms with van der Waals surface area (Å²) >= 11 is 1.22. The number of methoxy groups -OCH3 is 1. The van der Waals surface area contributed by atoms with Crippen LogP contribution in [-0.4, -0.2) is 18.2 Å². The molecule has 6 heteroatoms. The zero-order valence-electron chi connectivity index (χ0n) is 12.2. The van der Waals surface area contributed by atoms with Gasteiger partial charge in [-0.05, 0) is 47.7 Å². The molecule has 1 heterocycles. The van der Waals surface area contributed by atoms with Gasteiger partial charge in [-0.1, -0.05) is 24.3 Å². The summed E-state index contributed by atoms with van der Waals surface area (Å²) in [5, 5.41) is 3.20. The maximum atomic E-state index is 13.7. The monoisotopic (exact) mass is 328 g/mol. The smallest absolute Gasteiger partial charge is 0.264 e. The Bertz CT molecular complexity index is 803. The molecule has 0 saturated carbocycles. The highest BCUT2D eigenvalue weighted by atomic mass is 32.2. The average molecular weight is 328 g/mol. The number of hydrogen-bond acceptors (Lipinski definition) is 4. The first-order valence-electron chi connectivity index (χ1n) is 6.84. The summed E-state index contributed by atoms with van der Waals surface area (Å²) in [5.41, 5.74) is 1.34. The van der Waals surface area contributed by atoms with E-state index in [1.165, 1.54) is 31.0 Å². The van der Waals surface area contributed by atoms with E-state index in [0.29, 0.717) is 15.6 Å². The van der Waals surface area contributed by atoms with Crippen LogP contribution < -0.4 is 10.1 Å². The van der Waals surface area contributed by atoms with Crippen LogP contribution in [0, 0.1) is 5.82 Å². The lowest BCUT2D eigenvalue weighted by atomic mass is 10.2. The summed E-state index contributed by atoms with van der Waals surface area (Å²) in [7, 11) is 1.41. The molecule has 0 aromatic heterocycles. The molecule has 0 bridgehead atoms. The number of carbonyl (C=O) groups excluding carboxylic acids is 1. The maximum Gasteiger partial charge on any atom is 0.264 e. The van der Waals surface area contributed by atoms with Gasteiger partial charge in [0.1, 0.15) is 0 Å². The summed E-state index contributed by atoms with van der Waals surface area (Å²) in [6.45, 7) is 0. The number of para-hydroxylation sites is 1. The predicted molar refractivity (Wildman–Crippen MR) is 90.2 cm³/mol. The number of ether oxygens (including phenoxy) is 1. The van der Waals surface area contributed by atoms with E-state index in [0.717, 1.165) is 5.69 Å². The molecule has 4 nitrogen and oxygen atoms in total. The van der Waals surface area contributed by atoms with Gasteiger partial charge in [-0.3, -0.25) is 4.79 Å². The minimum atomic E-state index is -0.469. The van der Waals surface area contributed by atoms with Gasteiger partial charge in [0.2, 0.25) is 0 Å². The average Bonchev–Trinajstić information content (AvgIpc) is 2.88. The van der Waals surface area contributed by atoms with Crippen LogP contribution in [0.4, 0.5) is 10.1 Å². The number of nitrogens with zero attached hydrogens (tertiary/aromatic N) is 1. The molecule has 2 aromatic rings. The second-order valence-electron chi connectivity index (χ2n) is 4.71. The first-order valence-corrected chi connectivity index (χ1v) is 7.65. The standard InChI is InChI=1S/C17H13FN2O2S/c1-22-14-8-7-11(9-13(14)18)10-15-16(21)20-17(23-15)19-12-5-3-2-4-6-12/h2-10H,1H3,(H,19,20,21)/b15-10-. The second-order valence-corrected chi connectivity index (χ2v) is 5.74. The van der Waals surface area contributed by atoms with E-state index in [-0.39, 0.29) is 11.7 Å². The molecule has 3 rings (SSSR count). The quantitative estimate of drug-likeness (QED) is 0.874. The highest BCUT2D eigenvalue weighted by molar-refractivity contribution is 8.18. The van der Waals surface area contributed by atoms with Crippen LogP contribution >= 0.6 is 11.8 Å². The third-order valence-electron chi connectivity index (χ3n) is 3.11. The van der Waals surface area contributed by atoms with E-state index in [1.54, 1.807) is 12.1 Å². The Balaban J connectivity index is 1.83. The van der Waals surface area contributed by atoms with Crippen molar-refractivity contribution in [3.8, 4) is 5.75 Å². The molecular weight excluding hydrogens is 315 g/mol. The Kier molecular flexibility index (Phi) is 4.43. The minimum absolute atomic E-state index is 0.169. The van der Waals surface area contributed by atoms with E-state index in [4.69, 9.17) is 4.74 Å². The van der Waals surface area contributed by atoms with Crippen LogP contribution in [0.1, 0.15) is 5.56 Å². The van der Waals surface area contributed by atoms with E-state index in [1.807, 2.05) is 30.3 Å². The van der Waals surface area contributed by atoms with Gasteiger partial charge in [0, 0.05) is 0 Å². The van der Waals surface area contributed by atoms with Crippen molar-refractivity contribution in [2.75, 3.05) is 7.11 Å². The van der Waals surface area contributed by atoms with Crippen molar-refractivity contribution in [3.05, 3.63) is 64.8 Å². The fourth-order valence-electron chi connectivity index (χ4n) is 2.02. The molecule has 1 fully saturated rings. The molecule has 1 amide bonds. The predicted octanol–water partition coefficient (Wildman–Crippen LogP) is 3.73. The Morgan fingerprint density at radius 1 is 1.22 bits per heavy atom. The lowest BCUT2D eigenvalue weighted by Gasteiger charge is -2.02. The summed E-state index contributed by atoms with van der Waals surface area (Å²) in [6.07, 6.45) is 1.62. The van der Waals surface area contributed by atoms with Crippen LogP contribution in [0.15, 0.2) is 58.4 Å². The number of carbonyl (C=O) groups is 1. The van der Waals surface area contributed by atoms with Gasteiger partial charge in [0.05, 0.1) is 17.7 Å². The summed E-state index contributed by atoms with van der Waals surface area (Å²) < 4.78 is 18.6.